The van der Waals surface area contributed by atoms with Crippen molar-refractivity contribution >= 4 is 22.3 Å². The van der Waals surface area contributed by atoms with Gasteiger partial charge in [0.05, 0.1) is 22.8 Å². The van der Waals surface area contributed by atoms with Crippen LogP contribution in [0.25, 0.3) is 10.9 Å². The summed E-state index contributed by atoms with van der Waals surface area (Å²) in [7, 11) is 0. The van der Waals surface area contributed by atoms with Gasteiger partial charge in [-0.2, -0.15) is 5.26 Å². The monoisotopic (exact) mass is 454 g/mol. The first-order chi connectivity index (χ1) is 16.7. The van der Waals surface area contributed by atoms with Gasteiger partial charge in [-0.05, 0) is 37.3 Å². The molecule has 0 aliphatic carbocycles. The molecule has 0 spiro atoms. The van der Waals surface area contributed by atoms with Crippen LogP contribution in [0.1, 0.15) is 18.1 Å². The van der Waals surface area contributed by atoms with Crippen LogP contribution in [0.4, 0.5) is 11.4 Å². The lowest BCUT2D eigenvalue weighted by Crippen LogP contribution is -2.58. The number of hydrogen-bond donors (Lipinski definition) is 1. The quantitative estimate of drug-likeness (QED) is 0.639. The number of benzene rings is 2. The largest absolute Gasteiger partial charge is 0.489 e. The summed E-state index contributed by atoms with van der Waals surface area (Å²) in [5.41, 5.74) is 5.07. The van der Waals surface area contributed by atoms with Gasteiger partial charge in [-0.25, -0.2) is 0 Å². The molecule has 0 radical (unpaired) electrons. The van der Waals surface area contributed by atoms with Gasteiger partial charge in [-0.1, -0.05) is 12.1 Å². The molecule has 0 saturated carbocycles. The molecule has 174 valence electrons. The minimum absolute atomic E-state index is 0.286. The van der Waals surface area contributed by atoms with Gasteiger partial charge < -0.3 is 19.9 Å². The van der Waals surface area contributed by atoms with E-state index in [0.717, 1.165) is 68.2 Å². The second-order valence-corrected chi connectivity index (χ2v) is 9.54. The van der Waals surface area contributed by atoms with E-state index in [-0.39, 0.29) is 6.04 Å². The summed E-state index contributed by atoms with van der Waals surface area (Å²) in [4.78, 5) is 12.0. The molecular formula is C27H30N6O. The van der Waals surface area contributed by atoms with Crippen molar-refractivity contribution in [1.82, 2.24) is 15.2 Å². The van der Waals surface area contributed by atoms with Gasteiger partial charge in [0.25, 0.3) is 0 Å². The smallest absolute Gasteiger partial charge is 0.147 e. The maximum Gasteiger partial charge on any atom is 0.147 e. The Kier molecular flexibility index (Phi) is 5.48. The minimum Gasteiger partial charge on any atom is -0.489 e. The van der Waals surface area contributed by atoms with Crippen molar-refractivity contribution < 1.29 is 4.74 Å². The maximum absolute atomic E-state index is 9.53. The standard InChI is InChI=1S/C27H30N6O/c1-19-15-32(24-8-7-20(14-28)26-23(24)5-3-9-30-26)17-22-18-34-27-21(16-33(19)22)4-2-6-25(27)31-12-10-29-11-13-31/h2-9,19,22,29H,10-13,15-18H2,1H3/t19-,22-/m1/s1. The number of rotatable bonds is 2. The number of ether oxygens (including phenoxy) is 1. The first-order valence-corrected chi connectivity index (χ1v) is 12.2. The van der Waals surface area contributed by atoms with Crippen LogP contribution in [0.2, 0.25) is 0 Å². The van der Waals surface area contributed by atoms with Crippen molar-refractivity contribution in [2.75, 3.05) is 55.7 Å². The molecule has 2 fully saturated rings. The number of nitrogens with one attached hydrogen (secondary N) is 1. The fourth-order valence-corrected chi connectivity index (χ4v) is 5.76. The van der Waals surface area contributed by atoms with Crippen LogP contribution in [0, 0.1) is 11.3 Å². The van der Waals surface area contributed by atoms with Crippen molar-refractivity contribution in [3.63, 3.8) is 0 Å². The maximum atomic E-state index is 9.53. The number of hydrogen-bond acceptors (Lipinski definition) is 7. The molecule has 0 unspecified atom stereocenters. The Morgan fingerprint density at radius 1 is 1.03 bits per heavy atom. The van der Waals surface area contributed by atoms with E-state index in [1.165, 1.54) is 11.3 Å². The molecule has 2 atom stereocenters. The summed E-state index contributed by atoms with van der Waals surface area (Å²) >= 11 is 0. The van der Waals surface area contributed by atoms with E-state index in [1.54, 1.807) is 6.20 Å². The summed E-state index contributed by atoms with van der Waals surface area (Å²) in [5.74, 6) is 1.06. The lowest BCUT2D eigenvalue weighted by atomic mass is 10.0. The number of anilines is 2. The van der Waals surface area contributed by atoms with Crippen molar-refractivity contribution in [3.8, 4) is 11.8 Å². The van der Waals surface area contributed by atoms with E-state index in [0.29, 0.717) is 18.2 Å². The van der Waals surface area contributed by atoms with Crippen LogP contribution in [0.15, 0.2) is 48.7 Å². The van der Waals surface area contributed by atoms with Crippen LogP contribution in [0.5, 0.6) is 5.75 Å². The van der Waals surface area contributed by atoms with E-state index in [2.05, 4.69) is 68.3 Å². The summed E-state index contributed by atoms with van der Waals surface area (Å²) in [5, 5.41) is 14.0. The second kappa shape index (κ2) is 8.79. The molecule has 1 N–H and O–H groups in total. The van der Waals surface area contributed by atoms with E-state index in [1.807, 2.05) is 12.1 Å². The van der Waals surface area contributed by atoms with Gasteiger partial charge >= 0.3 is 0 Å². The Morgan fingerprint density at radius 2 is 1.91 bits per heavy atom. The van der Waals surface area contributed by atoms with E-state index in [4.69, 9.17) is 4.74 Å². The van der Waals surface area contributed by atoms with Gasteiger partial charge in [-0.3, -0.25) is 9.88 Å². The number of pyridine rings is 1. The predicted molar refractivity (Wildman–Crippen MR) is 134 cm³/mol. The zero-order valence-electron chi connectivity index (χ0n) is 19.6. The predicted octanol–water partition coefficient (Wildman–Crippen LogP) is 2.99. The lowest BCUT2D eigenvalue weighted by molar-refractivity contribution is 0.0892. The first kappa shape index (κ1) is 21.2. The number of fused-ring (bicyclic) bond motifs is 3. The molecule has 0 amide bonds. The first-order valence-electron chi connectivity index (χ1n) is 12.2. The number of piperazine rings is 2. The van der Waals surface area contributed by atoms with Gasteiger partial charge in [0, 0.05) is 74.7 Å². The summed E-state index contributed by atoms with van der Waals surface area (Å²) in [6.45, 7) is 9.75. The van der Waals surface area contributed by atoms with E-state index < -0.39 is 0 Å². The molecule has 34 heavy (non-hydrogen) atoms. The van der Waals surface area contributed by atoms with Crippen LogP contribution in [-0.2, 0) is 6.54 Å². The number of nitriles is 1. The Hall–Kier alpha value is -3.34. The van der Waals surface area contributed by atoms with Crippen molar-refractivity contribution in [3.05, 3.63) is 59.8 Å². The van der Waals surface area contributed by atoms with Crippen LogP contribution >= 0.6 is 0 Å². The molecule has 7 heteroatoms. The van der Waals surface area contributed by atoms with Gasteiger partial charge in [-0.15, -0.1) is 0 Å². The second-order valence-electron chi connectivity index (χ2n) is 9.54. The van der Waals surface area contributed by atoms with Gasteiger partial charge in [0.1, 0.15) is 18.4 Å². The highest BCUT2D eigenvalue weighted by atomic mass is 16.5. The molecule has 0 bridgehead atoms. The Balaban J connectivity index is 1.30. The number of nitrogens with zero attached hydrogens (tertiary/aromatic N) is 5. The zero-order valence-corrected chi connectivity index (χ0v) is 19.6. The van der Waals surface area contributed by atoms with Crippen molar-refractivity contribution in [1.29, 1.82) is 5.26 Å². The third kappa shape index (κ3) is 3.64. The highest BCUT2D eigenvalue weighted by Gasteiger charge is 2.36. The SMILES string of the molecule is C[C@@H]1CN(c2ccc(C#N)c3ncccc23)C[C@@H]2COc3c(cccc3N3CCNCC3)CN21. The van der Waals surface area contributed by atoms with Crippen LogP contribution in [0.3, 0.4) is 0 Å². The summed E-state index contributed by atoms with van der Waals surface area (Å²) in [6, 6.07) is 17.6. The molecule has 2 saturated heterocycles. The van der Waals surface area contributed by atoms with E-state index in [9.17, 15) is 5.26 Å². The highest BCUT2D eigenvalue weighted by Crippen LogP contribution is 2.38. The number of aromatic nitrogens is 1. The molecule has 3 aliphatic heterocycles. The van der Waals surface area contributed by atoms with E-state index >= 15 is 0 Å². The molecule has 7 nitrogen and oxygen atoms in total. The van der Waals surface area contributed by atoms with Crippen molar-refractivity contribution in [2.24, 2.45) is 0 Å². The molecule has 3 aromatic rings. The Labute approximate surface area is 200 Å². The fourth-order valence-electron chi connectivity index (χ4n) is 5.76. The third-order valence-electron chi connectivity index (χ3n) is 7.47. The normalized spacial score (nSPS) is 22.9. The number of para-hydroxylation sites is 1. The molecule has 4 heterocycles. The fraction of sp³-hybridized carbons (Fsp3) is 0.407. The minimum atomic E-state index is 0.286. The molecule has 6 rings (SSSR count). The zero-order chi connectivity index (χ0) is 23.1. The Morgan fingerprint density at radius 3 is 2.76 bits per heavy atom. The van der Waals surface area contributed by atoms with Crippen LogP contribution in [-0.4, -0.2) is 67.8 Å². The average molecular weight is 455 g/mol. The van der Waals surface area contributed by atoms with Gasteiger partial charge in [0.15, 0.2) is 0 Å². The summed E-state index contributed by atoms with van der Waals surface area (Å²) < 4.78 is 6.57. The van der Waals surface area contributed by atoms with Gasteiger partial charge in [0.2, 0.25) is 0 Å². The molecular weight excluding hydrogens is 424 g/mol. The van der Waals surface area contributed by atoms with Crippen LogP contribution < -0.4 is 19.9 Å². The van der Waals surface area contributed by atoms with Crippen molar-refractivity contribution in [2.45, 2.75) is 25.6 Å². The average Bonchev–Trinajstić information content (AvgIpc) is 3.08. The Bertz CT molecular complexity index is 1250. The summed E-state index contributed by atoms with van der Waals surface area (Å²) in [6.07, 6.45) is 1.76. The molecule has 1 aromatic heterocycles. The molecule has 2 aromatic carbocycles. The third-order valence-corrected chi connectivity index (χ3v) is 7.47. The highest BCUT2D eigenvalue weighted by molar-refractivity contribution is 5.95. The lowest BCUT2D eigenvalue weighted by Gasteiger charge is -2.45. The topological polar surface area (TPSA) is 67.7 Å². The molecule has 3 aliphatic rings.